The third kappa shape index (κ3) is 5.43. The Balaban J connectivity index is 1.49. The molecule has 0 saturated carbocycles. The fourth-order valence-electron chi connectivity index (χ4n) is 3.31. The number of hydrogen-bond donors (Lipinski definition) is 2. The van der Waals surface area contributed by atoms with Gasteiger partial charge in [-0.3, -0.25) is 0 Å². The average Bonchev–Trinajstić information content (AvgIpc) is 2.77. The van der Waals surface area contributed by atoms with Crippen LogP contribution in [0.25, 0.3) is 10.9 Å². The molecular weight excluding hydrogens is 444 g/mol. The molecular formula is C24H23ClN4O2S. The monoisotopic (exact) mass is 466 g/mol. The van der Waals surface area contributed by atoms with E-state index < -0.39 is 10.0 Å². The summed E-state index contributed by atoms with van der Waals surface area (Å²) in [4.78, 5) is 9.59. The van der Waals surface area contributed by atoms with Gasteiger partial charge in [0.2, 0.25) is 10.0 Å². The minimum atomic E-state index is -3.57. The molecule has 1 aromatic heterocycles. The van der Waals surface area contributed by atoms with Crippen molar-refractivity contribution in [1.29, 1.82) is 0 Å². The van der Waals surface area contributed by atoms with Crippen molar-refractivity contribution in [2.24, 2.45) is 0 Å². The molecule has 0 saturated heterocycles. The molecule has 0 amide bonds. The van der Waals surface area contributed by atoms with Gasteiger partial charge in [0.1, 0.15) is 11.6 Å². The van der Waals surface area contributed by atoms with Crippen LogP contribution in [0, 0.1) is 6.92 Å². The second kappa shape index (κ2) is 9.65. The summed E-state index contributed by atoms with van der Waals surface area (Å²) in [6.07, 6.45) is 0.581. The zero-order chi connectivity index (χ0) is 22.6. The van der Waals surface area contributed by atoms with E-state index in [9.17, 15) is 8.42 Å². The number of fused-ring (bicyclic) bond motifs is 1. The van der Waals surface area contributed by atoms with Crippen molar-refractivity contribution in [1.82, 2.24) is 14.7 Å². The standard InChI is InChI=1S/C24H23ClN4O2S/c1-17-7-10-20(11-8-17)32(30,31)27-14-13-26-24-21-12-9-19(25)16-22(21)28-23(29-24)15-18-5-3-2-4-6-18/h2-12,16,27H,13-15H2,1H3,(H,26,28,29). The minimum absolute atomic E-state index is 0.212. The zero-order valence-electron chi connectivity index (χ0n) is 17.5. The summed E-state index contributed by atoms with van der Waals surface area (Å²) in [5, 5.41) is 4.67. The van der Waals surface area contributed by atoms with E-state index in [0.717, 1.165) is 22.0 Å². The Kier molecular flexibility index (Phi) is 6.69. The van der Waals surface area contributed by atoms with Gasteiger partial charge >= 0.3 is 0 Å². The number of benzene rings is 3. The van der Waals surface area contributed by atoms with Gasteiger partial charge in [-0.05, 0) is 42.8 Å². The molecule has 2 N–H and O–H groups in total. The molecule has 0 spiro atoms. The molecule has 0 aliphatic rings. The molecule has 0 aliphatic carbocycles. The lowest BCUT2D eigenvalue weighted by molar-refractivity contribution is 0.583. The third-order valence-corrected chi connectivity index (χ3v) is 6.66. The highest BCUT2D eigenvalue weighted by molar-refractivity contribution is 7.89. The highest BCUT2D eigenvalue weighted by atomic mass is 35.5. The summed E-state index contributed by atoms with van der Waals surface area (Å²) < 4.78 is 27.6. The van der Waals surface area contributed by atoms with Crippen LogP contribution in [-0.2, 0) is 16.4 Å². The van der Waals surface area contributed by atoms with Gasteiger partial charge in [-0.2, -0.15) is 0 Å². The van der Waals surface area contributed by atoms with E-state index in [2.05, 4.69) is 20.0 Å². The largest absolute Gasteiger partial charge is 0.368 e. The smallest absolute Gasteiger partial charge is 0.240 e. The van der Waals surface area contributed by atoms with Crippen molar-refractivity contribution in [2.45, 2.75) is 18.2 Å². The molecule has 0 unspecified atom stereocenters. The van der Waals surface area contributed by atoms with E-state index in [1.54, 1.807) is 36.4 Å². The fraction of sp³-hybridized carbons (Fsp3) is 0.167. The highest BCUT2D eigenvalue weighted by Crippen LogP contribution is 2.24. The average molecular weight is 467 g/mol. The lowest BCUT2D eigenvalue weighted by atomic mass is 10.1. The van der Waals surface area contributed by atoms with Crippen LogP contribution >= 0.6 is 11.6 Å². The zero-order valence-corrected chi connectivity index (χ0v) is 19.1. The number of sulfonamides is 1. The number of aromatic nitrogens is 2. The maximum Gasteiger partial charge on any atom is 0.240 e. The van der Waals surface area contributed by atoms with Crippen LogP contribution in [0.2, 0.25) is 5.02 Å². The van der Waals surface area contributed by atoms with Crippen LogP contribution in [-0.4, -0.2) is 31.5 Å². The highest BCUT2D eigenvalue weighted by Gasteiger charge is 2.13. The molecule has 4 rings (SSSR count). The Labute approximate surface area is 192 Å². The Bertz CT molecular complexity index is 1330. The maximum absolute atomic E-state index is 12.5. The SMILES string of the molecule is Cc1ccc(S(=O)(=O)NCCNc2nc(Cc3ccccc3)nc3cc(Cl)ccc23)cc1. The molecule has 0 aliphatic heterocycles. The lowest BCUT2D eigenvalue weighted by Crippen LogP contribution is -2.29. The predicted octanol–water partition coefficient (Wildman–Crippen LogP) is 4.57. The van der Waals surface area contributed by atoms with Crippen molar-refractivity contribution < 1.29 is 8.42 Å². The van der Waals surface area contributed by atoms with Crippen molar-refractivity contribution in [3.8, 4) is 0 Å². The van der Waals surface area contributed by atoms with Crippen molar-refractivity contribution in [2.75, 3.05) is 18.4 Å². The minimum Gasteiger partial charge on any atom is -0.368 e. The summed E-state index contributed by atoms with van der Waals surface area (Å²) >= 11 is 6.17. The lowest BCUT2D eigenvalue weighted by Gasteiger charge is -2.12. The first kappa shape index (κ1) is 22.2. The van der Waals surface area contributed by atoms with Crippen LogP contribution in [0.3, 0.4) is 0 Å². The molecule has 32 heavy (non-hydrogen) atoms. The molecule has 164 valence electrons. The molecule has 6 nitrogen and oxygen atoms in total. The molecule has 4 aromatic rings. The molecule has 1 heterocycles. The summed E-state index contributed by atoms with van der Waals surface area (Å²) in [5.74, 6) is 1.31. The number of hydrogen-bond acceptors (Lipinski definition) is 5. The van der Waals surface area contributed by atoms with Crippen molar-refractivity contribution in [3.05, 3.63) is 94.8 Å². The fourth-order valence-corrected chi connectivity index (χ4v) is 4.51. The number of halogens is 1. The number of nitrogens with one attached hydrogen (secondary N) is 2. The van der Waals surface area contributed by atoms with E-state index in [4.69, 9.17) is 11.6 Å². The molecule has 3 aromatic carbocycles. The molecule has 0 bridgehead atoms. The first-order valence-corrected chi connectivity index (χ1v) is 12.1. The Hall–Kier alpha value is -3.00. The van der Waals surface area contributed by atoms with Crippen LogP contribution in [0.1, 0.15) is 17.0 Å². The summed E-state index contributed by atoms with van der Waals surface area (Å²) in [6.45, 7) is 2.49. The summed E-state index contributed by atoms with van der Waals surface area (Å²) in [7, 11) is -3.57. The van der Waals surface area contributed by atoms with Crippen LogP contribution < -0.4 is 10.0 Å². The van der Waals surface area contributed by atoms with Gasteiger partial charge in [-0.15, -0.1) is 0 Å². The van der Waals surface area contributed by atoms with Gasteiger partial charge in [0.05, 0.1) is 10.4 Å². The summed E-state index contributed by atoms with van der Waals surface area (Å²) in [6, 6.07) is 22.2. The van der Waals surface area contributed by atoms with Gasteiger partial charge in [0, 0.05) is 29.9 Å². The number of nitrogens with zero attached hydrogens (tertiary/aromatic N) is 2. The van der Waals surface area contributed by atoms with Crippen molar-refractivity contribution in [3.63, 3.8) is 0 Å². The van der Waals surface area contributed by atoms with Gasteiger partial charge < -0.3 is 5.32 Å². The van der Waals surface area contributed by atoms with Gasteiger partial charge in [0.25, 0.3) is 0 Å². The van der Waals surface area contributed by atoms with E-state index in [0.29, 0.717) is 29.6 Å². The van der Waals surface area contributed by atoms with E-state index in [-0.39, 0.29) is 11.4 Å². The predicted molar refractivity (Wildman–Crippen MR) is 129 cm³/mol. The summed E-state index contributed by atoms with van der Waals surface area (Å²) in [5.41, 5.74) is 2.85. The van der Waals surface area contributed by atoms with Crippen LogP contribution in [0.5, 0.6) is 0 Å². The molecule has 8 heteroatoms. The Morgan fingerprint density at radius 1 is 0.906 bits per heavy atom. The van der Waals surface area contributed by atoms with E-state index >= 15 is 0 Å². The first-order chi connectivity index (χ1) is 15.4. The second-order valence-corrected chi connectivity index (χ2v) is 9.65. The first-order valence-electron chi connectivity index (χ1n) is 10.2. The quantitative estimate of drug-likeness (QED) is 0.371. The van der Waals surface area contributed by atoms with E-state index in [1.165, 1.54) is 0 Å². The van der Waals surface area contributed by atoms with Crippen molar-refractivity contribution >= 4 is 38.3 Å². The second-order valence-electron chi connectivity index (χ2n) is 7.45. The molecule has 0 atom stereocenters. The number of aryl methyl sites for hydroxylation is 1. The molecule has 0 radical (unpaired) electrons. The Morgan fingerprint density at radius 2 is 1.66 bits per heavy atom. The van der Waals surface area contributed by atoms with Crippen LogP contribution in [0.4, 0.5) is 5.82 Å². The Morgan fingerprint density at radius 3 is 2.41 bits per heavy atom. The third-order valence-electron chi connectivity index (χ3n) is 4.95. The topological polar surface area (TPSA) is 84.0 Å². The number of rotatable bonds is 8. The van der Waals surface area contributed by atoms with Gasteiger partial charge in [-0.1, -0.05) is 59.6 Å². The van der Waals surface area contributed by atoms with Crippen LogP contribution in [0.15, 0.2) is 77.7 Å². The van der Waals surface area contributed by atoms with E-state index in [1.807, 2.05) is 43.3 Å². The molecule has 0 fully saturated rings. The number of anilines is 1. The van der Waals surface area contributed by atoms with Gasteiger partial charge in [0.15, 0.2) is 0 Å². The maximum atomic E-state index is 12.5. The van der Waals surface area contributed by atoms with Gasteiger partial charge in [-0.25, -0.2) is 23.1 Å². The normalized spacial score (nSPS) is 11.6.